The first-order chi connectivity index (χ1) is 8.41. The summed E-state index contributed by atoms with van der Waals surface area (Å²) >= 11 is -3.14. The van der Waals surface area contributed by atoms with Crippen LogP contribution in [0.4, 0.5) is 5.69 Å². The predicted molar refractivity (Wildman–Crippen MR) is 69.3 cm³/mol. The Balaban J connectivity index is 3.15. The third kappa shape index (κ3) is 3.95. The first kappa shape index (κ1) is 14.4. The molecule has 0 N–H and O–H groups in total. The molecule has 0 aliphatic rings. The zero-order chi connectivity index (χ0) is 13.7. The molecule has 98 valence electrons. The van der Waals surface area contributed by atoms with Crippen molar-refractivity contribution in [3.05, 3.63) is 37.9 Å². The number of para-hydroxylation sites is 1. The summed E-state index contributed by atoms with van der Waals surface area (Å²) in [6, 6.07) is 5.74. The zero-order valence-corrected chi connectivity index (χ0v) is 11.7. The molecular formula is C10H10INO6. The predicted octanol–water partition coefficient (Wildman–Crippen LogP) is 2.23. The van der Waals surface area contributed by atoms with E-state index in [9.17, 15) is 19.7 Å². The summed E-state index contributed by atoms with van der Waals surface area (Å²) in [4.78, 5) is 32.1. The Labute approximate surface area is 111 Å². The van der Waals surface area contributed by atoms with Crippen LogP contribution in [0.5, 0.6) is 0 Å². The molecule has 0 bridgehead atoms. The Bertz CT molecular complexity index is 473. The quantitative estimate of drug-likeness (QED) is 0.460. The monoisotopic (exact) mass is 367 g/mol. The molecule has 0 heterocycles. The fourth-order valence-electron chi connectivity index (χ4n) is 1.03. The van der Waals surface area contributed by atoms with E-state index in [2.05, 4.69) is 0 Å². The molecule has 0 atom stereocenters. The number of carbonyl (C=O) groups is 2. The second-order valence-corrected chi connectivity index (χ2v) is 6.35. The fourth-order valence-corrected chi connectivity index (χ4v) is 4.05. The van der Waals surface area contributed by atoms with Crippen LogP contribution in [0.1, 0.15) is 13.8 Å². The number of benzene rings is 1. The third-order valence-electron chi connectivity index (χ3n) is 1.57. The van der Waals surface area contributed by atoms with Crippen molar-refractivity contribution in [1.29, 1.82) is 0 Å². The van der Waals surface area contributed by atoms with E-state index in [0.29, 0.717) is 0 Å². The Morgan fingerprint density at radius 1 is 1.17 bits per heavy atom. The molecule has 7 nitrogen and oxygen atoms in total. The van der Waals surface area contributed by atoms with E-state index in [-0.39, 0.29) is 9.26 Å². The van der Waals surface area contributed by atoms with Gasteiger partial charge in [-0.25, -0.2) is 0 Å². The number of hydrogen-bond donors (Lipinski definition) is 0. The van der Waals surface area contributed by atoms with E-state index < -0.39 is 37.5 Å². The van der Waals surface area contributed by atoms with E-state index in [0.717, 1.165) is 13.8 Å². The first-order valence-corrected chi connectivity index (χ1v) is 7.57. The minimum atomic E-state index is -3.14. The molecule has 8 heteroatoms. The number of rotatable bonds is 4. The van der Waals surface area contributed by atoms with Crippen molar-refractivity contribution in [3.63, 3.8) is 0 Å². The average Bonchev–Trinajstić information content (AvgIpc) is 2.26. The van der Waals surface area contributed by atoms with E-state index in [4.69, 9.17) is 6.13 Å². The maximum absolute atomic E-state index is 10.9. The van der Waals surface area contributed by atoms with Crippen molar-refractivity contribution >= 4 is 38.3 Å². The van der Waals surface area contributed by atoms with Gasteiger partial charge in [-0.1, -0.05) is 0 Å². The zero-order valence-electron chi connectivity index (χ0n) is 9.58. The summed E-state index contributed by atoms with van der Waals surface area (Å²) in [5.41, 5.74) is -0.217. The Kier molecular flexibility index (Phi) is 5.01. The fraction of sp³-hybridized carbons (Fsp3) is 0.200. The van der Waals surface area contributed by atoms with Crippen LogP contribution < -0.4 is 0 Å². The second kappa shape index (κ2) is 6.28. The topological polar surface area (TPSA) is 95.7 Å². The van der Waals surface area contributed by atoms with Crippen LogP contribution in [0.2, 0.25) is 0 Å². The average molecular weight is 367 g/mol. The van der Waals surface area contributed by atoms with Gasteiger partial charge in [0.1, 0.15) is 0 Å². The van der Waals surface area contributed by atoms with Gasteiger partial charge in [-0.3, -0.25) is 0 Å². The van der Waals surface area contributed by atoms with Crippen molar-refractivity contribution in [2.75, 3.05) is 0 Å². The molecular weight excluding hydrogens is 357 g/mol. The molecule has 0 saturated heterocycles. The van der Waals surface area contributed by atoms with Gasteiger partial charge in [0.25, 0.3) is 0 Å². The normalized spacial score (nSPS) is 10.4. The van der Waals surface area contributed by atoms with Crippen LogP contribution in [0.25, 0.3) is 0 Å². The molecule has 0 spiro atoms. The molecule has 1 rings (SSSR count). The molecule has 0 saturated carbocycles. The van der Waals surface area contributed by atoms with Gasteiger partial charge in [-0.15, -0.1) is 0 Å². The summed E-state index contributed by atoms with van der Waals surface area (Å²) in [5, 5.41) is 10.8. The number of hydrogen-bond acceptors (Lipinski definition) is 6. The molecule has 18 heavy (non-hydrogen) atoms. The van der Waals surface area contributed by atoms with E-state index >= 15 is 0 Å². The Morgan fingerprint density at radius 3 is 2.11 bits per heavy atom. The molecule has 1 aromatic carbocycles. The van der Waals surface area contributed by atoms with E-state index in [1.807, 2.05) is 0 Å². The molecule has 0 aromatic heterocycles. The molecule has 0 radical (unpaired) electrons. The van der Waals surface area contributed by atoms with Crippen LogP contribution in [0.15, 0.2) is 24.3 Å². The van der Waals surface area contributed by atoms with Gasteiger partial charge in [0.15, 0.2) is 0 Å². The number of carbonyl (C=O) groups excluding carboxylic acids is 2. The molecule has 0 amide bonds. The van der Waals surface area contributed by atoms with Crippen LogP contribution in [0.3, 0.4) is 0 Å². The molecule has 0 aliphatic heterocycles. The van der Waals surface area contributed by atoms with Gasteiger partial charge in [0.05, 0.1) is 0 Å². The van der Waals surface area contributed by atoms with E-state index in [1.54, 1.807) is 6.07 Å². The first-order valence-electron chi connectivity index (χ1n) is 4.73. The van der Waals surface area contributed by atoms with Crippen LogP contribution in [-0.4, -0.2) is 16.9 Å². The summed E-state index contributed by atoms with van der Waals surface area (Å²) in [6.45, 7) is 2.31. The van der Waals surface area contributed by atoms with E-state index in [1.165, 1.54) is 18.2 Å². The Morgan fingerprint density at radius 2 is 1.67 bits per heavy atom. The summed E-state index contributed by atoms with van der Waals surface area (Å²) < 4.78 is 9.98. The molecule has 0 fully saturated rings. The Hall–Kier alpha value is -1.71. The SMILES string of the molecule is CC(=O)OI(OC(C)=O)c1ccccc1[N+](=O)[O-]. The minimum absolute atomic E-state index is 0.164. The van der Waals surface area contributed by atoms with Crippen molar-refractivity contribution in [3.8, 4) is 0 Å². The van der Waals surface area contributed by atoms with Gasteiger partial charge in [0, 0.05) is 0 Å². The summed E-state index contributed by atoms with van der Waals surface area (Å²) in [5.74, 6) is -1.28. The summed E-state index contributed by atoms with van der Waals surface area (Å²) in [6.07, 6.45) is 0. The number of nitro groups is 1. The maximum atomic E-state index is 10.9. The van der Waals surface area contributed by atoms with Crippen molar-refractivity contribution < 1.29 is 20.6 Å². The third-order valence-corrected chi connectivity index (χ3v) is 5.47. The van der Waals surface area contributed by atoms with Crippen LogP contribution in [-0.2, 0) is 15.7 Å². The number of nitro benzene ring substituents is 1. The molecule has 0 unspecified atom stereocenters. The van der Waals surface area contributed by atoms with Crippen LogP contribution >= 0.6 is 20.6 Å². The van der Waals surface area contributed by atoms with Gasteiger partial charge in [0.2, 0.25) is 0 Å². The van der Waals surface area contributed by atoms with Crippen molar-refractivity contribution in [2.24, 2.45) is 0 Å². The molecule has 0 aliphatic carbocycles. The van der Waals surface area contributed by atoms with Gasteiger partial charge >= 0.3 is 111 Å². The van der Waals surface area contributed by atoms with Crippen molar-refractivity contribution in [2.45, 2.75) is 13.8 Å². The molecule has 1 aromatic rings. The second-order valence-electron chi connectivity index (χ2n) is 3.06. The number of nitrogens with zero attached hydrogens (tertiary/aromatic N) is 1. The van der Waals surface area contributed by atoms with Gasteiger partial charge < -0.3 is 0 Å². The number of halogens is 1. The van der Waals surface area contributed by atoms with Gasteiger partial charge in [-0.05, 0) is 0 Å². The summed E-state index contributed by atoms with van der Waals surface area (Å²) in [7, 11) is 0. The standard InChI is InChI=1S/C10H10INO6/c1-7(13)17-11(18-8(2)14)9-5-3-4-6-10(9)12(15)16/h3-6H,1-2H3. The van der Waals surface area contributed by atoms with Crippen molar-refractivity contribution in [1.82, 2.24) is 0 Å². The van der Waals surface area contributed by atoms with Crippen LogP contribution in [0, 0.1) is 13.7 Å². The van der Waals surface area contributed by atoms with Gasteiger partial charge in [-0.2, -0.15) is 0 Å².